The lowest BCUT2D eigenvalue weighted by Crippen LogP contribution is -2.40. The van der Waals surface area contributed by atoms with Crippen molar-refractivity contribution in [3.8, 4) is 0 Å². The molecule has 0 radical (unpaired) electrons. The molecule has 0 bridgehead atoms. The highest BCUT2D eigenvalue weighted by Crippen LogP contribution is 2.25. The lowest BCUT2D eigenvalue weighted by Gasteiger charge is -2.21. The van der Waals surface area contributed by atoms with Gasteiger partial charge in [-0.05, 0) is 13.3 Å². The summed E-state index contributed by atoms with van der Waals surface area (Å²) in [7, 11) is -4.66. The highest BCUT2D eigenvalue weighted by Gasteiger charge is 2.39. The molecule has 0 aromatic carbocycles. The van der Waals surface area contributed by atoms with Crippen LogP contribution in [0.5, 0.6) is 0 Å². The summed E-state index contributed by atoms with van der Waals surface area (Å²) < 4.78 is 62.1. The molecule has 0 unspecified atom stereocenters. The molecule has 0 spiro atoms. The van der Waals surface area contributed by atoms with Crippen molar-refractivity contribution in [2.45, 2.75) is 31.5 Å². The van der Waals surface area contributed by atoms with Crippen LogP contribution in [0.25, 0.3) is 0 Å². The van der Waals surface area contributed by atoms with Gasteiger partial charge in [0.05, 0.1) is 0 Å². The minimum Gasteiger partial charge on any atom is -0.478 e. The van der Waals surface area contributed by atoms with Gasteiger partial charge in [0.1, 0.15) is 12.1 Å². The fourth-order valence-electron chi connectivity index (χ4n) is 1.70. The lowest BCUT2D eigenvalue weighted by atomic mass is 10.3. The van der Waals surface area contributed by atoms with E-state index in [-0.39, 0.29) is 16.4 Å². The third-order valence-corrected chi connectivity index (χ3v) is 4.32. The maximum Gasteiger partial charge on any atom is 0.402 e. The number of alkyl halides is 3. The molecule has 1 heterocycles. The number of nitrogens with zero attached hydrogens (tertiary/aromatic N) is 2. The summed E-state index contributed by atoms with van der Waals surface area (Å²) >= 11 is 0. The monoisotopic (exact) mass is 329 g/mol. The number of aromatic nitrogens is 2. The predicted octanol–water partition coefficient (Wildman–Crippen LogP) is 1.38. The number of hydrogen-bond donors (Lipinski definition) is 2. The number of H-pyrrole nitrogens is 1. The number of halogens is 3. The van der Waals surface area contributed by atoms with Gasteiger partial charge in [-0.25, -0.2) is 13.2 Å². The van der Waals surface area contributed by atoms with E-state index < -0.39 is 45.8 Å². The highest BCUT2D eigenvalue weighted by molar-refractivity contribution is 7.89. The zero-order valence-corrected chi connectivity index (χ0v) is 12.0. The Bertz CT molecular complexity index is 624. The van der Waals surface area contributed by atoms with E-state index in [1.165, 1.54) is 13.8 Å². The number of aromatic amines is 1. The molecular weight excluding hydrogens is 315 g/mol. The SMILES string of the molecule is CCCN(CC(F)(F)F)S(=O)(=O)c1n[nH]c(C)c1C(=O)O. The van der Waals surface area contributed by atoms with Gasteiger partial charge in [0, 0.05) is 12.2 Å². The van der Waals surface area contributed by atoms with Crippen LogP contribution < -0.4 is 0 Å². The summed E-state index contributed by atoms with van der Waals surface area (Å²) in [4.78, 5) is 11.1. The first-order valence-electron chi connectivity index (χ1n) is 5.86. The second kappa shape index (κ2) is 6.02. The highest BCUT2D eigenvalue weighted by atomic mass is 32.2. The molecule has 0 saturated carbocycles. The van der Waals surface area contributed by atoms with Crippen molar-refractivity contribution in [1.82, 2.24) is 14.5 Å². The van der Waals surface area contributed by atoms with Crippen LogP contribution in [0.4, 0.5) is 13.2 Å². The molecule has 0 saturated heterocycles. The van der Waals surface area contributed by atoms with Crippen LogP contribution >= 0.6 is 0 Å². The van der Waals surface area contributed by atoms with Crippen LogP contribution in [0.2, 0.25) is 0 Å². The average molecular weight is 329 g/mol. The molecule has 0 amide bonds. The molecule has 1 aromatic heterocycles. The maximum atomic E-state index is 12.5. The average Bonchev–Trinajstić information content (AvgIpc) is 2.69. The number of carbonyl (C=O) groups is 1. The van der Waals surface area contributed by atoms with E-state index >= 15 is 0 Å². The molecule has 1 rings (SSSR count). The largest absolute Gasteiger partial charge is 0.478 e. The van der Waals surface area contributed by atoms with Crippen molar-refractivity contribution >= 4 is 16.0 Å². The molecule has 1 aromatic rings. The Balaban J connectivity index is 3.33. The van der Waals surface area contributed by atoms with E-state index in [1.807, 2.05) is 0 Å². The Morgan fingerprint density at radius 3 is 2.43 bits per heavy atom. The molecule has 120 valence electrons. The maximum absolute atomic E-state index is 12.5. The van der Waals surface area contributed by atoms with E-state index in [4.69, 9.17) is 5.11 Å². The van der Waals surface area contributed by atoms with Gasteiger partial charge in [-0.2, -0.15) is 22.6 Å². The number of sulfonamides is 1. The van der Waals surface area contributed by atoms with Crippen LogP contribution in [-0.2, 0) is 10.0 Å². The number of rotatable bonds is 6. The molecule has 11 heteroatoms. The normalized spacial score (nSPS) is 12.9. The van der Waals surface area contributed by atoms with Gasteiger partial charge in [-0.15, -0.1) is 0 Å². The minimum absolute atomic E-state index is 0.0514. The Morgan fingerprint density at radius 2 is 2.00 bits per heavy atom. The molecule has 21 heavy (non-hydrogen) atoms. The van der Waals surface area contributed by atoms with Crippen molar-refractivity contribution in [2.75, 3.05) is 13.1 Å². The summed E-state index contributed by atoms with van der Waals surface area (Å²) in [6, 6.07) is 0. The van der Waals surface area contributed by atoms with Gasteiger partial charge in [-0.3, -0.25) is 5.10 Å². The second-order valence-electron chi connectivity index (χ2n) is 4.29. The Hall–Kier alpha value is -1.62. The number of hydrogen-bond acceptors (Lipinski definition) is 4. The first-order valence-corrected chi connectivity index (χ1v) is 7.30. The summed E-state index contributed by atoms with van der Waals surface area (Å²) in [6.45, 7) is 0.678. The van der Waals surface area contributed by atoms with Crippen LogP contribution in [0.1, 0.15) is 29.4 Å². The van der Waals surface area contributed by atoms with Crippen molar-refractivity contribution in [1.29, 1.82) is 0 Å². The van der Waals surface area contributed by atoms with Gasteiger partial charge in [-0.1, -0.05) is 6.92 Å². The third-order valence-electron chi connectivity index (χ3n) is 2.54. The van der Waals surface area contributed by atoms with E-state index in [2.05, 4.69) is 10.2 Å². The molecular formula is C10H14F3N3O4S. The molecule has 0 aliphatic rings. The first-order chi connectivity index (χ1) is 9.50. The van der Waals surface area contributed by atoms with Gasteiger partial charge in [0.2, 0.25) is 5.03 Å². The molecule has 0 aliphatic carbocycles. The smallest absolute Gasteiger partial charge is 0.402 e. The molecule has 2 N–H and O–H groups in total. The van der Waals surface area contributed by atoms with Crippen molar-refractivity contribution in [2.24, 2.45) is 0 Å². The number of aryl methyl sites for hydroxylation is 1. The second-order valence-corrected chi connectivity index (χ2v) is 6.14. The molecule has 0 aliphatic heterocycles. The van der Waals surface area contributed by atoms with Crippen molar-refractivity contribution in [3.63, 3.8) is 0 Å². The summed E-state index contributed by atoms with van der Waals surface area (Å²) in [5.74, 6) is -1.58. The summed E-state index contributed by atoms with van der Waals surface area (Å²) in [5.41, 5.74) is -0.706. The topological polar surface area (TPSA) is 103 Å². The van der Waals surface area contributed by atoms with Gasteiger partial charge in [0.15, 0.2) is 0 Å². The summed E-state index contributed by atoms with van der Waals surface area (Å²) in [6.07, 6.45) is -4.60. The molecule has 7 nitrogen and oxygen atoms in total. The zero-order chi connectivity index (χ0) is 16.4. The Labute approximate surface area is 118 Å². The van der Waals surface area contributed by atoms with E-state index in [1.54, 1.807) is 0 Å². The van der Waals surface area contributed by atoms with Gasteiger partial charge < -0.3 is 5.11 Å². The standard InChI is InChI=1S/C10H14F3N3O4S/c1-3-4-16(5-10(11,12)13)21(19,20)8-7(9(17)18)6(2)14-15-8/h3-5H2,1-2H3,(H,14,15)(H,17,18). The predicted molar refractivity (Wildman–Crippen MR) is 65.4 cm³/mol. The van der Waals surface area contributed by atoms with Crippen molar-refractivity contribution < 1.29 is 31.5 Å². The Kier molecular flexibility index (Phi) is 4.99. The van der Waals surface area contributed by atoms with E-state index in [9.17, 15) is 26.4 Å². The molecule has 0 fully saturated rings. The zero-order valence-electron chi connectivity index (χ0n) is 11.2. The van der Waals surface area contributed by atoms with Crippen LogP contribution in [0, 0.1) is 6.92 Å². The first kappa shape index (κ1) is 17.4. The quantitative estimate of drug-likeness (QED) is 0.820. The Morgan fingerprint density at radius 1 is 1.43 bits per heavy atom. The minimum atomic E-state index is -4.74. The number of nitrogens with one attached hydrogen (secondary N) is 1. The van der Waals surface area contributed by atoms with Crippen LogP contribution in [-0.4, -0.2) is 53.3 Å². The van der Waals surface area contributed by atoms with Crippen LogP contribution in [0.15, 0.2) is 5.03 Å². The van der Waals surface area contributed by atoms with E-state index in [0.29, 0.717) is 0 Å². The molecule has 0 atom stereocenters. The van der Waals surface area contributed by atoms with Crippen LogP contribution in [0.3, 0.4) is 0 Å². The number of carboxylic acids is 1. The fourth-order valence-corrected chi connectivity index (χ4v) is 3.34. The fraction of sp³-hybridized carbons (Fsp3) is 0.600. The van der Waals surface area contributed by atoms with Gasteiger partial charge in [0.25, 0.3) is 10.0 Å². The number of aromatic carboxylic acids is 1. The lowest BCUT2D eigenvalue weighted by molar-refractivity contribution is -0.136. The third kappa shape index (κ3) is 3.94. The summed E-state index contributed by atoms with van der Waals surface area (Å²) in [5, 5.41) is 13.6. The van der Waals surface area contributed by atoms with Crippen molar-refractivity contribution in [3.05, 3.63) is 11.3 Å². The number of carboxylic acid groups (broad SMARTS) is 1. The van der Waals surface area contributed by atoms with E-state index in [0.717, 1.165) is 0 Å². The van der Waals surface area contributed by atoms with Gasteiger partial charge >= 0.3 is 12.1 Å².